The van der Waals surface area contributed by atoms with Gasteiger partial charge in [-0.15, -0.1) is 0 Å². The fourth-order valence-electron chi connectivity index (χ4n) is 2.25. The number of ether oxygens (including phenoxy) is 1. The average Bonchev–Trinajstić information content (AvgIpc) is 3.15. The summed E-state index contributed by atoms with van der Waals surface area (Å²) in [6.07, 6.45) is 3.19. The van der Waals surface area contributed by atoms with Crippen LogP contribution in [-0.2, 0) is 11.3 Å². The molecule has 0 amide bonds. The summed E-state index contributed by atoms with van der Waals surface area (Å²) in [6, 6.07) is 7.30. The molecule has 0 aliphatic heterocycles. The van der Waals surface area contributed by atoms with Crippen LogP contribution >= 0.6 is 11.6 Å². The van der Waals surface area contributed by atoms with Gasteiger partial charge in [-0.05, 0) is 44.0 Å². The van der Waals surface area contributed by atoms with Gasteiger partial charge in [-0.1, -0.05) is 30.1 Å². The SMILES string of the molecule is CCCCOCCCNC(=NCc1nc(-c2ccc(Cl)cc2)no1)NCC. The van der Waals surface area contributed by atoms with Gasteiger partial charge in [0, 0.05) is 36.9 Å². The number of unbranched alkanes of at least 4 members (excludes halogenated alkanes) is 1. The first-order chi connectivity index (χ1) is 13.2. The largest absolute Gasteiger partial charge is 0.381 e. The van der Waals surface area contributed by atoms with Gasteiger partial charge < -0.3 is 19.9 Å². The fraction of sp³-hybridized carbons (Fsp3) is 0.526. The Kier molecular flexibility index (Phi) is 9.65. The molecule has 1 heterocycles. The number of nitrogens with zero attached hydrogens (tertiary/aromatic N) is 3. The number of nitrogens with one attached hydrogen (secondary N) is 2. The van der Waals surface area contributed by atoms with Crippen molar-refractivity contribution in [3.63, 3.8) is 0 Å². The van der Waals surface area contributed by atoms with E-state index in [4.69, 9.17) is 20.9 Å². The Bertz CT molecular complexity index is 688. The van der Waals surface area contributed by atoms with E-state index in [0.717, 1.165) is 57.1 Å². The van der Waals surface area contributed by atoms with Crippen LogP contribution in [0.3, 0.4) is 0 Å². The van der Waals surface area contributed by atoms with E-state index in [1.165, 1.54) is 0 Å². The van der Waals surface area contributed by atoms with Crippen molar-refractivity contribution >= 4 is 17.6 Å². The zero-order valence-corrected chi connectivity index (χ0v) is 16.8. The number of guanidine groups is 1. The molecule has 7 nitrogen and oxygen atoms in total. The van der Waals surface area contributed by atoms with E-state index in [9.17, 15) is 0 Å². The molecule has 2 rings (SSSR count). The molecule has 0 aliphatic rings. The predicted molar refractivity (Wildman–Crippen MR) is 108 cm³/mol. The van der Waals surface area contributed by atoms with Gasteiger partial charge in [0.15, 0.2) is 5.96 Å². The molecule has 0 saturated carbocycles. The minimum absolute atomic E-state index is 0.308. The maximum absolute atomic E-state index is 5.90. The summed E-state index contributed by atoms with van der Waals surface area (Å²) < 4.78 is 10.8. The van der Waals surface area contributed by atoms with Crippen molar-refractivity contribution < 1.29 is 9.26 Å². The Morgan fingerprint density at radius 1 is 1.15 bits per heavy atom. The normalized spacial score (nSPS) is 11.6. The second-order valence-electron chi connectivity index (χ2n) is 5.96. The van der Waals surface area contributed by atoms with Gasteiger partial charge in [0.25, 0.3) is 0 Å². The van der Waals surface area contributed by atoms with Crippen molar-refractivity contribution in [2.75, 3.05) is 26.3 Å². The number of hydrogen-bond acceptors (Lipinski definition) is 5. The minimum Gasteiger partial charge on any atom is -0.381 e. The second-order valence-corrected chi connectivity index (χ2v) is 6.40. The molecule has 2 N–H and O–H groups in total. The standard InChI is InChI=1S/C19H28ClN5O2/c1-3-5-12-26-13-6-11-22-19(21-4-2)23-14-17-24-18(25-27-17)15-7-9-16(20)10-8-15/h7-10H,3-6,11-14H2,1-2H3,(H2,21,22,23). The highest BCUT2D eigenvalue weighted by atomic mass is 35.5. The third-order valence-corrected chi connectivity index (χ3v) is 3.94. The summed E-state index contributed by atoms with van der Waals surface area (Å²) in [4.78, 5) is 8.87. The maximum atomic E-state index is 5.90. The first-order valence-electron chi connectivity index (χ1n) is 9.41. The molecule has 1 aromatic carbocycles. The number of rotatable bonds is 11. The summed E-state index contributed by atoms with van der Waals surface area (Å²) in [5, 5.41) is 11.1. The first-order valence-corrected chi connectivity index (χ1v) is 9.79. The van der Waals surface area contributed by atoms with E-state index in [1.807, 2.05) is 19.1 Å². The van der Waals surface area contributed by atoms with E-state index in [-0.39, 0.29) is 0 Å². The van der Waals surface area contributed by atoms with Crippen LogP contribution in [0.2, 0.25) is 5.02 Å². The van der Waals surface area contributed by atoms with Gasteiger partial charge in [0.2, 0.25) is 11.7 Å². The topological polar surface area (TPSA) is 84.6 Å². The van der Waals surface area contributed by atoms with Gasteiger partial charge in [0.1, 0.15) is 6.54 Å². The quantitative estimate of drug-likeness (QED) is 0.344. The van der Waals surface area contributed by atoms with Gasteiger partial charge in [0.05, 0.1) is 0 Å². The first kappa shape index (κ1) is 21.2. The Morgan fingerprint density at radius 2 is 1.93 bits per heavy atom. The van der Waals surface area contributed by atoms with E-state index >= 15 is 0 Å². The molecule has 0 saturated heterocycles. The Balaban J connectivity index is 1.81. The van der Waals surface area contributed by atoms with Gasteiger partial charge in [-0.3, -0.25) is 0 Å². The number of benzene rings is 1. The zero-order valence-electron chi connectivity index (χ0n) is 16.0. The molecule has 0 spiro atoms. The Hall–Kier alpha value is -2.12. The molecule has 0 fully saturated rings. The Morgan fingerprint density at radius 3 is 2.67 bits per heavy atom. The Labute approximate surface area is 165 Å². The van der Waals surface area contributed by atoms with E-state index in [2.05, 4.69) is 32.7 Å². The highest BCUT2D eigenvalue weighted by Gasteiger charge is 2.08. The minimum atomic E-state index is 0.308. The molecule has 2 aromatic rings. The summed E-state index contributed by atoms with van der Waals surface area (Å²) in [6.45, 7) is 7.64. The summed E-state index contributed by atoms with van der Waals surface area (Å²) in [5.41, 5.74) is 0.853. The lowest BCUT2D eigenvalue weighted by atomic mass is 10.2. The van der Waals surface area contributed by atoms with Crippen LogP contribution in [0.25, 0.3) is 11.4 Å². The molecule has 8 heteroatoms. The van der Waals surface area contributed by atoms with Crippen molar-refractivity contribution in [2.45, 2.75) is 39.7 Å². The van der Waals surface area contributed by atoms with Crippen LogP contribution in [0.15, 0.2) is 33.8 Å². The lowest BCUT2D eigenvalue weighted by molar-refractivity contribution is 0.129. The second kappa shape index (κ2) is 12.3. The highest BCUT2D eigenvalue weighted by molar-refractivity contribution is 6.30. The third kappa shape index (κ3) is 7.97. The fourth-order valence-corrected chi connectivity index (χ4v) is 2.38. The van der Waals surface area contributed by atoms with Crippen molar-refractivity contribution in [1.82, 2.24) is 20.8 Å². The lowest BCUT2D eigenvalue weighted by Crippen LogP contribution is -2.38. The van der Waals surface area contributed by atoms with Gasteiger partial charge in [-0.2, -0.15) is 4.98 Å². The van der Waals surface area contributed by atoms with Crippen molar-refractivity contribution in [2.24, 2.45) is 4.99 Å². The molecule has 0 bridgehead atoms. The molecule has 0 aliphatic carbocycles. The molecule has 27 heavy (non-hydrogen) atoms. The maximum Gasteiger partial charge on any atom is 0.248 e. The van der Waals surface area contributed by atoms with Crippen LogP contribution in [0.4, 0.5) is 0 Å². The van der Waals surface area contributed by atoms with E-state index < -0.39 is 0 Å². The molecule has 0 unspecified atom stereocenters. The van der Waals surface area contributed by atoms with E-state index in [0.29, 0.717) is 23.3 Å². The monoisotopic (exact) mass is 393 g/mol. The van der Waals surface area contributed by atoms with Gasteiger partial charge >= 0.3 is 0 Å². The van der Waals surface area contributed by atoms with Crippen molar-refractivity contribution in [1.29, 1.82) is 0 Å². The lowest BCUT2D eigenvalue weighted by Gasteiger charge is -2.10. The van der Waals surface area contributed by atoms with Crippen LogP contribution in [0, 0.1) is 0 Å². The predicted octanol–water partition coefficient (Wildman–Crippen LogP) is 3.65. The summed E-state index contributed by atoms with van der Waals surface area (Å²) >= 11 is 5.90. The van der Waals surface area contributed by atoms with Crippen molar-refractivity contribution in [3.05, 3.63) is 35.2 Å². The third-order valence-electron chi connectivity index (χ3n) is 3.69. The number of halogens is 1. The average molecular weight is 394 g/mol. The van der Waals surface area contributed by atoms with Crippen molar-refractivity contribution in [3.8, 4) is 11.4 Å². The summed E-state index contributed by atoms with van der Waals surface area (Å²) in [5.74, 6) is 1.71. The molecule has 0 atom stereocenters. The molecule has 148 valence electrons. The van der Waals surface area contributed by atoms with Crippen LogP contribution in [-0.4, -0.2) is 42.4 Å². The molecular formula is C19H28ClN5O2. The van der Waals surface area contributed by atoms with Gasteiger partial charge in [-0.25, -0.2) is 4.99 Å². The number of hydrogen-bond donors (Lipinski definition) is 2. The number of aromatic nitrogens is 2. The van der Waals surface area contributed by atoms with Crippen LogP contribution in [0.1, 0.15) is 39.0 Å². The van der Waals surface area contributed by atoms with E-state index in [1.54, 1.807) is 12.1 Å². The highest BCUT2D eigenvalue weighted by Crippen LogP contribution is 2.18. The molecule has 1 aromatic heterocycles. The van der Waals surface area contributed by atoms with Crippen LogP contribution in [0.5, 0.6) is 0 Å². The smallest absolute Gasteiger partial charge is 0.248 e. The molecular weight excluding hydrogens is 366 g/mol. The summed E-state index contributed by atoms with van der Waals surface area (Å²) in [7, 11) is 0. The zero-order chi connectivity index (χ0) is 19.3. The van der Waals surface area contributed by atoms with Crippen LogP contribution < -0.4 is 10.6 Å². The number of aliphatic imine (C=N–C) groups is 1. The molecule has 0 radical (unpaired) electrons.